The Kier molecular flexibility index (Phi) is 7.58. The van der Waals surface area contributed by atoms with Crippen LogP contribution in [-0.2, 0) is 16.0 Å². The number of aliphatic hydroxyl groups is 2. The fraction of sp³-hybridized carbons (Fsp3) is 0.560. The summed E-state index contributed by atoms with van der Waals surface area (Å²) in [7, 11) is 1.40. The van der Waals surface area contributed by atoms with Crippen LogP contribution in [0.5, 0.6) is 5.75 Å². The molecular weight excluding hydrogens is 380 g/mol. The zero-order valence-electron chi connectivity index (χ0n) is 18.0. The van der Waals surface area contributed by atoms with Gasteiger partial charge in [-0.05, 0) is 31.2 Å². The van der Waals surface area contributed by atoms with Crippen LogP contribution < -0.4 is 4.74 Å². The summed E-state index contributed by atoms with van der Waals surface area (Å²) < 4.78 is 11.0. The molecule has 30 heavy (non-hydrogen) atoms. The molecule has 0 radical (unpaired) electrons. The number of fused-ring (bicyclic) bond motifs is 3. The van der Waals surface area contributed by atoms with E-state index in [2.05, 4.69) is 17.9 Å². The molecule has 5 heteroatoms. The van der Waals surface area contributed by atoms with E-state index in [1.807, 2.05) is 25.1 Å². The molecule has 0 amide bonds. The van der Waals surface area contributed by atoms with Crippen molar-refractivity contribution in [1.82, 2.24) is 0 Å². The number of ether oxygens (including phenoxy) is 2. The number of carbonyl (C=O) groups excluding carboxylic acids is 1. The summed E-state index contributed by atoms with van der Waals surface area (Å²) in [4.78, 5) is 11.4. The number of benzene rings is 1. The molecule has 0 aromatic heterocycles. The molecule has 1 aromatic carbocycles. The Morgan fingerprint density at radius 2 is 2.23 bits per heavy atom. The molecule has 1 aliphatic heterocycles. The van der Waals surface area contributed by atoms with Crippen molar-refractivity contribution in [3.8, 4) is 17.6 Å². The lowest BCUT2D eigenvalue weighted by atomic mass is 9.86. The summed E-state index contributed by atoms with van der Waals surface area (Å²) in [6.45, 7) is 3.77. The van der Waals surface area contributed by atoms with E-state index < -0.39 is 12.2 Å². The minimum atomic E-state index is -0.594. The van der Waals surface area contributed by atoms with Crippen molar-refractivity contribution in [3.05, 3.63) is 41.5 Å². The Labute approximate surface area is 179 Å². The first-order valence-electron chi connectivity index (χ1n) is 10.8. The van der Waals surface area contributed by atoms with Crippen LogP contribution in [0, 0.1) is 23.7 Å². The minimum Gasteiger partial charge on any atom is -0.489 e. The van der Waals surface area contributed by atoms with Gasteiger partial charge in [-0.2, -0.15) is 0 Å². The van der Waals surface area contributed by atoms with Gasteiger partial charge in [0.2, 0.25) is 0 Å². The summed E-state index contributed by atoms with van der Waals surface area (Å²) in [5.74, 6) is 6.58. The van der Waals surface area contributed by atoms with Crippen molar-refractivity contribution in [1.29, 1.82) is 0 Å². The smallest absolute Gasteiger partial charge is 0.305 e. The summed E-state index contributed by atoms with van der Waals surface area (Å²) in [5.41, 5.74) is 2.20. The second-order valence-electron chi connectivity index (χ2n) is 8.31. The molecular formula is C25H32O5. The predicted octanol–water partition coefficient (Wildman–Crippen LogP) is 3.37. The first-order chi connectivity index (χ1) is 14.5. The zero-order valence-corrected chi connectivity index (χ0v) is 18.0. The molecule has 6 atom stereocenters. The van der Waals surface area contributed by atoms with Crippen LogP contribution >= 0.6 is 0 Å². The van der Waals surface area contributed by atoms with Crippen molar-refractivity contribution in [3.63, 3.8) is 0 Å². The van der Waals surface area contributed by atoms with Crippen LogP contribution in [0.2, 0.25) is 0 Å². The van der Waals surface area contributed by atoms with Gasteiger partial charge in [-0.25, -0.2) is 0 Å². The van der Waals surface area contributed by atoms with Gasteiger partial charge in [0.15, 0.2) is 0 Å². The van der Waals surface area contributed by atoms with Gasteiger partial charge >= 0.3 is 5.97 Å². The molecule has 0 spiro atoms. The summed E-state index contributed by atoms with van der Waals surface area (Å²) >= 11 is 0. The fourth-order valence-electron chi connectivity index (χ4n) is 4.51. The van der Waals surface area contributed by atoms with Gasteiger partial charge in [0.25, 0.3) is 0 Å². The highest BCUT2D eigenvalue weighted by Crippen LogP contribution is 2.52. The molecule has 0 saturated heterocycles. The van der Waals surface area contributed by atoms with E-state index in [0.29, 0.717) is 25.7 Å². The Hall–Kier alpha value is -2.29. The van der Waals surface area contributed by atoms with Gasteiger partial charge in [0.05, 0.1) is 19.3 Å². The van der Waals surface area contributed by atoms with Gasteiger partial charge < -0.3 is 19.7 Å². The number of rotatable bonds is 8. The van der Waals surface area contributed by atoms with Crippen molar-refractivity contribution >= 4 is 5.97 Å². The maximum absolute atomic E-state index is 11.4. The number of methoxy groups -OCH3 is 1. The Bertz CT molecular complexity index is 834. The largest absolute Gasteiger partial charge is 0.489 e. The van der Waals surface area contributed by atoms with Crippen molar-refractivity contribution in [2.45, 2.75) is 70.2 Å². The molecule has 1 aromatic rings. The highest BCUT2D eigenvalue weighted by molar-refractivity contribution is 5.69. The SMILES string of the molecule is CC#CCC(C)[C@H](O)C=C[C@@H]1C2c3cccc(CCCC(=O)OC)c3O[C@H]2C[C@H]1O. The molecule has 1 aliphatic carbocycles. The molecule has 3 rings (SSSR count). The fourth-order valence-corrected chi connectivity index (χ4v) is 4.51. The molecule has 1 fully saturated rings. The second kappa shape index (κ2) is 10.1. The minimum absolute atomic E-state index is 0.0385. The molecule has 5 nitrogen and oxygen atoms in total. The molecule has 2 unspecified atom stereocenters. The number of hydrogen-bond donors (Lipinski definition) is 2. The van der Waals surface area contributed by atoms with Crippen LogP contribution in [0.15, 0.2) is 30.4 Å². The van der Waals surface area contributed by atoms with Crippen molar-refractivity contribution in [2.75, 3.05) is 7.11 Å². The molecule has 2 aliphatic rings. The van der Waals surface area contributed by atoms with Crippen molar-refractivity contribution in [2.24, 2.45) is 11.8 Å². The third-order valence-electron chi connectivity index (χ3n) is 6.26. The number of aliphatic hydroxyl groups excluding tert-OH is 2. The molecule has 1 saturated carbocycles. The molecule has 0 bridgehead atoms. The Morgan fingerprint density at radius 1 is 1.43 bits per heavy atom. The Balaban J connectivity index is 1.73. The average molecular weight is 413 g/mol. The van der Waals surface area contributed by atoms with E-state index in [9.17, 15) is 15.0 Å². The van der Waals surface area contributed by atoms with Crippen LogP contribution in [0.1, 0.15) is 56.6 Å². The van der Waals surface area contributed by atoms with Crippen molar-refractivity contribution < 1.29 is 24.5 Å². The number of esters is 1. The monoisotopic (exact) mass is 412 g/mol. The van der Waals surface area contributed by atoms with Crippen LogP contribution in [0.3, 0.4) is 0 Å². The highest BCUT2D eigenvalue weighted by atomic mass is 16.5. The number of aryl methyl sites for hydroxylation is 1. The maximum atomic E-state index is 11.4. The zero-order chi connectivity index (χ0) is 21.7. The van der Waals surface area contributed by atoms with E-state index in [4.69, 9.17) is 9.47 Å². The summed E-state index contributed by atoms with van der Waals surface area (Å²) in [6, 6.07) is 6.13. The third-order valence-corrected chi connectivity index (χ3v) is 6.26. The number of para-hydroxylation sites is 1. The molecule has 1 heterocycles. The van der Waals surface area contributed by atoms with Crippen LogP contribution in [0.4, 0.5) is 0 Å². The second-order valence-corrected chi connectivity index (χ2v) is 8.31. The van der Waals surface area contributed by atoms with E-state index in [-0.39, 0.29) is 29.8 Å². The van der Waals surface area contributed by atoms with Crippen LogP contribution in [0.25, 0.3) is 0 Å². The topological polar surface area (TPSA) is 76.0 Å². The lowest BCUT2D eigenvalue weighted by Gasteiger charge is -2.19. The predicted molar refractivity (Wildman–Crippen MR) is 115 cm³/mol. The van der Waals surface area contributed by atoms with E-state index in [1.54, 1.807) is 13.0 Å². The highest BCUT2D eigenvalue weighted by Gasteiger charge is 2.48. The standard InChI is InChI=1S/C25H32O5/c1-4-5-8-16(2)20(26)14-13-18-21(27)15-22-24(18)19-11-6-9-17(25(19)30-22)10-7-12-23(28)29-3/h6,9,11,13-14,16,18,20-22,24,26-27H,7-8,10,12,15H2,1-3H3/t16?,18-,20+,21+,22-,24?/m0/s1. The number of carbonyl (C=O) groups is 1. The lowest BCUT2D eigenvalue weighted by molar-refractivity contribution is -0.140. The first kappa shape index (κ1) is 22.4. The van der Waals surface area contributed by atoms with E-state index >= 15 is 0 Å². The normalized spacial score (nSPS) is 26.3. The van der Waals surface area contributed by atoms with Gasteiger partial charge in [0.1, 0.15) is 11.9 Å². The quantitative estimate of drug-likeness (QED) is 0.389. The summed E-state index contributed by atoms with van der Waals surface area (Å²) in [5, 5.41) is 21.1. The molecule has 2 N–H and O–H groups in total. The molecule has 162 valence electrons. The average Bonchev–Trinajstić information content (AvgIpc) is 3.25. The van der Waals surface area contributed by atoms with E-state index in [1.165, 1.54) is 7.11 Å². The van der Waals surface area contributed by atoms with Gasteiger partial charge in [0, 0.05) is 36.7 Å². The number of hydrogen-bond acceptors (Lipinski definition) is 5. The summed E-state index contributed by atoms with van der Waals surface area (Å²) in [6.07, 6.45) is 5.66. The van der Waals surface area contributed by atoms with Gasteiger partial charge in [-0.15, -0.1) is 11.8 Å². The lowest BCUT2D eigenvalue weighted by Crippen LogP contribution is -2.19. The van der Waals surface area contributed by atoms with Gasteiger partial charge in [-0.3, -0.25) is 4.79 Å². The Morgan fingerprint density at radius 3 is 2.97 bits per heavy atom. The van der Waals surface area contributed by atoms with Gasteiger partial charge in [-0.1, -0.05) is 37.3 Å². The van der Waals surface area contributed by atoms with E-state index in [0.717, 1.165) is 23.3 Å². The first-order valence-corrected chi connectivity index (χ1v) is 10.8. The maximum Gasteiger partial charge on any atom is 0.305 e. The van der Waals surface area contributed by atoms with Crippen LogP contribution in [-0.4, -0.2) is 41.6 Å². The third kappa shape index (κ3) is 4.88.